The molecule has 1 fully saturated rings. The third-order valence-electron chi connectivity index (χ3n) is 11.9. The molecule has 6 rings (SSSR count). The van der Waals surface area contributed by atoms with Gasteiger partial charge in [0.25, 0.3) is 0 Å². The number of nitrogens with zero attached hydrogens (tertiary/aromatic N) is 1. The first-order valence-corrected chi connectivity index (χ1v) is 22.0. The van der Waals surface area contributed by atoms with Gasteiger partial charge < -0.3 is 14.6 Å². The van der Waals surface area contributed by atoms with Crippen LogP contribution in [0.4, 0.5) is 17.1 Å². The number of benzene rings is 5. The van der Waals surface area contributed by atoms with Crippen molar-refractivity contribution in [1.29, 1.82) is 0 Å². The Hall–Kier alpha value is -4.27. The maximum Gasteiger partial charge on any atom is 2.00 e. The molecular formula is C54H70BMgN3O2+2. The summed E-state index contributed by atoms with van der Waals surface area (Å²) in [5.41, 5.74) is 12.9. The van der Waals surface area contributed by atoms with Crippen molar-refractivity contribution >= 4 is 63.5 Å². The zero-order valence-electron chi connectivity index (χ0n) is 39.6. The van der Waals surface area contributed by atoms with Gasteiger partial charge in [0.05, 0.1) is 5.61 Å². The topological polar surface area (TPSA) is 60.5 Å². The van der Waals surface area contributed by atoms with Crippen LogP contribution in [0.1, 0.15) is 148 Å². The monoisotopic (exact) mass is 828 g/mol. The minimum Gasteiger partial charge on any atom is -0.661 e. The van der Waals surface area contributed by atoms with E-state index in [-0.39, 0.29) is 23.1 Å². The first-order chi connectivity index (χ1) is 28.4. The van der Waals surface area contributed by atoms with E-state index in [1.165, 1.54) is 27.9 Å². The largest absolute Gasteiger partial charge is 2.00 e. The number of rotatable bonds is 12. The molecule has 0 spiro atoms. The normalized spacial score (nSPS) is 16.1. The van der Waals surface area contributed by atoms with Crippen molar-refractivity contribution < 1.29 is 19.3 Å². The van der Waals surface area contributed by atoms with Crippen molar-refractivity contribution in [2.45, 2.75) is 132 Å². The molecule has 5 aromatic carbocycles. The number of hydrogen-bond donors (Lipinski definition) is 2. The summed E-state index contributed by atoms with van der Waals surface area (Å²) in [6.07, 6.45) is 2.17. The van der Waals surface area contributed by atoms with Gasteiger partial charge in [-0.15, -0.1) is 11.2 Å². The summed E-state index contributed by atoms with van der Waals surface area (Å²) >= 11 is 0. The summed E-state index contributed by atoms with van der Waals surface area (Å²) in [5, 5.41) is 5.10. The average Bonchev–Trinajstić information content (AvgIpc) is 3.41. The van der Waals surface area contributed by atoms with Crippen LogP contribution in [-0.2, 0) is 9.31 Å². The maximum atomic E-state index is 6.87. The van der Waals surface area contributed by atoms with Gasteiger partial charge in [0.2, 0.25) is 11.4 Å². The molecule has 5 aromatic rings. The summed E-state index contributed by atoms with van der Waals surface area (Å²) < 4.78 is 13.7. The van der Waals surface area contributed by atoms with Gasteiger partial charge in [-0.25, -0.2) is 9.98 Å². The Morgan fingerprint density at radius 2 is 0.951 bits per heavy atom. The molecule has 1 heterocycles. The molecule has 0 unspecified atom stereocenters. The molecule has 0 radical (unpaired) electrons. The Labute approximate surface area is 384 Å². The summed E-state index contributed by atoms with van der Waals surface area (Å²) in [6.45, 7) is 28.7. The molecule has 7 heteroatoms. The predicted octanol–water partition coefficient (Wildman–Crippen LogP) is 11.0. The second-order valence-corrected chi connectivity index (χ2v) is 18.6. The van der Waals surface area contributed by atoms with Gasteiger partial charge in [-0.3, -0.25) is 0 Å². The van der Waals surface area contributed by atoms with Crippen molar-refractivity contribution in [3.8, 4) is 0 Å². The van der Waals surface area contributed by atoms with Crippen molar-refractivity contribution in [3.05, 3.63) is 172 Å². The number of hydrogen-bond acceptors (Lipinski definition) is 2. The summed E-state index contributed by atoms with van der Waals surface area (Å²) in [5.74, 6) is 1.82. The fourth-order valence-electron chi connectivity index (χ4n) is 8.04. The Morgan fingerprint density at radius 1 is 0.541 bits per heavy atom. The van der Waals surface area contributed by atoms with E-state index in [0.717, 1.165) is 39.4 Å². The second kappa shape index (κ2) is 21.2. The molecule has 1 aliphatic rings. The third-order valence-corrected chi connectivity index (χ3v) is 11.9. The number of nitrogens with one attached hydrogen (secondary N) is 2. The van der Waals surface area contributed by atoms with Gasteiger partial charge in [-0.05, 0) is 57.4 Å². The SMILES string of the molecule is CC(/C=C(/C)[N-]c1c(C(C)C)cccc1C(C)C)=[NH+]c1c(C(C)C)cccc1C(C)C.CC1(C)O[B-](C(=[NH+]c2ccccc2)c2ccccc2)(c2ccccc2)OC1(C)C.[Mg+2]. The third kappa shape index (κ3) is 11.8. The Bertz CT molecular complexity index is 2210. The van der Waals surface area contributed by atoms with E-state index >= 15 is 0 Å². The van der Waals surface area contributed by atoms with Crippen LogP contribution in [0.25, 0.3) is 5.32 Å². The van der Waals surface area contributed by atoms with Crippen molar-refractivity contribution in [2.75, 3.05) is 0 Å². The summed E-state index contributed by atoms with van der Waals surface area (Å²) in [6, 6.07) is 44.0. The predicted molar refractivity (Wildman–Crippen MR) is 263 cm³/mol. The molecule has 1 aliphatic heterocycles. The molecule has 0 atom stereocenters. The van der Waals surface area contributed by atoms with Crippen LogP contribution in [0.3, 0.4) is 0 Å². The van der Waals surface area contributed by atoms with Crippen molar-refractivity contribution in [1.82, 2.24) is 0 Å². The van der Waals surface area contributed by atoms with E-state index in [1.807, 2.05) is 54.6 Å². The molecule has 0 bridgehead atoms. The minimum atomic E-state index is -1.95. The molecule has 0 saturated carbocycles. The first kappa shape index (κ1) is 49.4. The molecular weight excluding hydrogens is 758 g/mol. The molecule has 1 saturated heterocycles. The van der Waals surface area contributed by atoms with Gasteiger partial charge in [-0.1, -0.05) is 189 Å². The zero-order valence-corrected chi connectivity index (χ0v) is 41.0. The Kier molecular flexibility index (Phi) is 17.2. The van der Waals surface area contributed by atoms with Gasteiger partial charge in [0.15, 0.2) is 5.71 Å². The molecule has 2 N–H and O–H groups in total. The van der Waals surface area contributed by atoms with Gasteiger partial charge >= 0.3 is 29.6 Å². The smallest absolute Gasteiger partial charge is 0.661 e. The van der Waals surface area contributed by atoms with Crippen LogP contribution < -0.4 is 15.4 Å². The maximum absolute atomic E-state index is 6.87. The fourth-order valence-corrected chi connectivity index (χ4v) is 8.04. The van der Waals surface area contributed by atoms with Crippen LogP contribution in [-0.4, -0.2) is 52.1 Å². The van der Waals surface area contributed by atoms with Crippen LogP contribution in [0.5, 0.6) is 0 Å². The summed E-state index contributed by atoms with van der Waals surface area (Å²) in [4.78, 5) is 7.36. The van der Waals surface area contributed by atoms with E-state index in [4.69, 9.17) is 14.6 Å². The molecule has 5 nitrogen and oxygen atoms in total. The average molecular weight is 828 g/mol. The Balaban J connectivity index is 0.000000265. The van der Waals surface area contributed by atoms with Crippen molar-refractivity contribution in [2.24, 2.45) is 0 Å². The van der Waals surface area contributed by atoms with Gasteiger partial charge in [0, 0.05) is 46.9 Å². The summed E-state index contributed by atoms with van der Waals surface area (Å²) in [7, 11) is 0. The second-order valence-electron chi connectivity index (χ2n) is 18.6. The standard InChI is InChI=1S/C29H41N2.C25H27BNO2.Mg/c1-18(2)24-13-11-14-25(19(3)4)28(24)30-22(9)17-23(10)31-29-26(20(5)6)15-12-16-27(29)21(7)8;1-24(2)25(3,4)29-26(28-24,21-16-10-6-11-17-21)23(20-14-8-5-9-15-20)27-22-18-12-7-13-19-22;/h11-21H,1-10H3;5-19H,1-4H3;/q2*-1;+2/p+2/b22-17-,31-23?;;. The molecule has 316 valence electrons. The molecule has 61 heavy (non-hydrogen) atoms. The van der Waals surface area contributed by atoms with E-state index < -0.39 is 17.8 Å². The van der Waals surface area contributed by atoms with Crippen LogP contribution in [0.2, 0.25) is 0 Å². The first-order valence-electron chi connectivity index (χ1n) is 22.0. The van der Waals surface area contributed by atoms with Crippen LogP contribution >= 0.6 is 0 Å². The Morgan fingerprint density at radius 3 is 1.39 bits per heavy atom. The molecule has 0 aliphatic carbocycles. The van der Waals surface area contributed by atoms with Gasteiger partial charge in [0.1, 0.15) is 0 Å². The van der Waals surface area contributed by atoms with E-state index in [9.17, 15) is 0 Å². The quantitative estimate of drug-likeness (QED) is 0.0972. The van der Waals surface area contributed by atoms with Crippen LogP contribution in [0, 0.1) is 0 Å². The van der Waals surface area contributed by atoms with E-state index in [2.05, 4.69) is 186 Å². The van der Waals surface area contributed by atoms with E-state index in [1.54, 1.807) is 0 Å². The molecule has 0 amide bonds. The minimum absolute atomic E-state index is 0. The zero-order chi connectivity index (χ0) is 43.8. The number of para-hydroxylation sites is 3. The number of allylic oxidation sites excluding steroid dienone is 2. The van der Waals surface area contributed by atoms with Gasteiger partial charge in [-0.2, -0.15) is 5.70 Å². The van der Waals surface area contributed by atoms with Crippen LogP contribution in [0.15, 0.2) is 139 Å². The van der Waals surface area contributed by atoms with Crippen molar-refractivity contribution in [3.63, 3.8) is 0 Å². The fraction of sp³-hybridized carbons (Fsp3) is 0.370. The molecule has 0 aromatic heterocycles. The van der Waals surface area contributed by atoms with E-state index in [0.29, 0.717) is 23.7 Å².